The predicted octanol–water partition coefficient (Wildman–Crippen LogP) is -0.156. The molecule has 2 rings (SSSR count). The van der Waals surface area contributed by atoms with E-state index in [1.807, 2.05) is 6.92 Å². The van der Waals surface area contributed by atoms with Gasteiger partial charge in [0, 0.05) is 18.2 Å². The van der Waals surface area contributed by atoms with Crippen molar-refractivity contribution in [3.05, 3.63) is 33.1 Å². The molecule has 4 atom stereocenters. The fourth-order valence-electron chi connectivity index (χ4n) is 2.44. The molecule has 1 aliphatic heterocycles. The Bertz CT molecular complexity index is 627. The number of ether oxygens (including phenoxy) is 1. The molecule has 1 aliphatic rings. The minimum absolute atomic E-state index is 0.314. The van der Waals surface area contributed by atoms with Crippen LogP contribution in [0.3, 0.4) is 0 Å². The first kappa shape index (κ1) is 13.6. The standard InChI is InChI=1S/C13H16N2O4/c1-4-13(5-2)8(3)10(17)11(19-13)15-7-6-9(16)14-12(15)18/h1,6-8,10-11,17H,5H2,2-3H3,(H,14,16,18)/t8?,10?,11-,13-/m1/s1. The molecule has 2 N–H and O–H groups in total. The fraction of sp³-hybridized carbons (Fsp3) is 0.538. The van der Waals surface area contributed by atoms with Crippen molar-refractivity contribution in [2.45, 2.75) is 38.2 Å². The first-order chi connectivity index (χ1) is 8.95. The molecule has 0 aromatic carbocycles. The molecule has 2 unspecified atom stereocenters. The van der Waals surface area contributed by atoms with E-state index >= 15 is 0 Å². The van der Waals surface area contributed by atoms with Crippen LogP contribution in [0.4, 0.5) is 0 Å². The Balaban J connectivity index is 2.46. The second kappa shape index (κ2) is 4.68. The van der Waals surface area contributed by atoms with E-state index in [0.29, 0.717) is 6.42 Å². The summed E-state index contributed by atoms with van der Waals surface area (Å²) in [6.45, 7) is 3.64. The smallest absolute Gasteiger partial charge is 0.330 e. The second-order valence-corrected chi connectivity index (χ2v) is 4.69. The molecule has 0 radical (unpaired) electrons. The quantitative estimate of drug-likeness (QED) is 0.727. The van der Waals surface area contributed by atoms with Gasteiger partial charge in [-0.05, 0) is 6.42 Å². The Hall–Kier alpha value is -1.84. The summed E-state index contributed by atoms with van der Waals surface area (Å²) < 4.78 is 6.88. The van der Waals surface area contributed by atoms with Crippen LogP contribution in [0, 0.1) is 18.3 Å². The lowest BCUT2D eigenvalue weighted by molar-refractivity contribution is -0.0677. The zero-order valence-corrected chi connectivity index (χ0v) is 10.8. The van der Waals surface area contributed by atoms with Crippen LogP contribution in [0.25, 0.3) is 0 Å². The monoisotopic (exact) mass is 264 g/mol. The predicted molar refractivity (Wildman–Crippen MR) is 68.5 cm³/mol. The van der Waals surface area contributed by atoms with Crippen LogP contribution < -0.4 is 11.2 Å². The number of terminal acetylenes is 1. The topological polar surface area (TPSA) is 84.3 Å². The van der Waals surface area contributed by atoms with Crippen LogP contribution in [0.2, 0.25) is 0 Å². The number of nitrogens with one attached hydrogen (secondary N) is 1. The zero-order chi connectivity index (χ0) is 14.2. The molecule has 0 amide bonds. The lowest BCUT2D eigenvalue weighted by Gasteiger charge is -2.25. The zero-order valence-electron chi connectivity index (χ0n) is 10.8. The molecule has 1 fully saturated rings. The van der Waals surface area contributed by atoms with Gasteiger partial charge in [-0.3, -0.25) is 14.3 Å². The van der Waals surface area contributed by atoms with Crippen LogP contribution in [0.1, 0.15) is 26.5 Å². The van der Waals surface area contributed by atoms with Crippen molar-refractivity contribution in [1.29, 1.82) is 0 Å². The molecule has 1 aromatic rings. The van der Waals surface area contributed by atoms with E-state index in [1.54, 1.807) is 6.92 Å². The van der Waals surface area contributed by atoms with Crippen LogP contribution in [-0.2, 0) is 4.74 Å². The molecular formula is C13H16N2O4. The Morgan fingerprint density at radius 2 is 2.32 bits per heavy atom. The van der Waals surface area contributed by atoms with Gasteiger partial charge in [-0.1, -0.05) is 19.8 Å². The van der Waals surface area contributed by atoms with E-state index in [0.717, 1.165) is 4.57 Å². The molecule has 1 aromatic heterocycles. The van der Waals surface area contributed by atoms with Crippen molar-refractivity contribution < 1.29 is 9.84 Å². The summed E-state index contributed by atoms with van der Waals surface area (Å²) in [5.74, 6) is 2.25. The van der Waals surface area contributed by atoms with Crippen molar-refractivity contribution in [2.75, 3.05) is 0 Å². The minimum Gasteiger partial charge on any atom is -0.388 e. The number of aliphatic hydroxyl groups is 1. The lowest BCUT2D eigenvalue weighted by Crippen LogP contribution is -2.35. The van der Waals surface area contributed by atoms with Crippen molar-refractivity contribution in [2.24, 2.45) is 5.92 Å². The van der Waals surface area contributed by atoms with Gasteiger partial charge in [0.15, 0.2) is 6.23 Å². The molecule has 2 heterocycles. The number of H-pyrrole nitrogens is 1. The molecular weight excluding hydrogens is 248 g/mol. The number of aromatic amines is 1. The average molecular weight is 264 g/mol. The number of hydrogen-bond donors (Lipinski definition) is 2. The Morgan fingerprint density at radius 3 is 2.79 bits per heavy atom. The maximum absolute atomic E-state index is 11.7. The number of aromatic nitrogens is 2. The van der Waals surface area contributed by atoms with E-state index in [-0.39, 0.29) is 5.92 Å². The maximum atomic E-state index is 11.7. The third kappa shape index (κ3) is 2.01. The highest BCUT2D eigenvalue weighted by atomic mass is 16.5. The first-order valence-corrected chi connectivity index (χ1v) is 6.10. The minimum atomic E-state index is -0.917. The van der Waals surface area contributed by atoms with E-state index < -0.39 is 29.2 Å². The van der Waals surface area contributed by atoms with Crippen molar-refractivity contribution in [3.8, 4) is 12.3 Å². The summed E-state index contributed by atoms with van der Waals surface area (Å²) >= 11 is 0. The molecule has 0 spiro atoms. The van der Waals surface area contributed by atoms with Gasteiger partial charge in [-0.15, -0.1) is 6.42 Å². The first-order valence-electron chi connectivity index (χ1n) is 6.10. The summed E-state index contributed by atoms with van der Waals surface area (Å²) in [5.41, 5.74) is -2.03. The average Bonchev–Trinajstić information content (AvgIpc) is 2.64. The van der Waals surface area contributed by atoms with Gasteiger partial charge in [0.1, 0.15) is 11.7 Å². The third-order valence-electron chi connectivity index (χ3n) is 3.77. The summed E-state index contributed by atoms with van der Waals surface area (Å²) in [4.78, 5) is 24.9. The molecule has 0 saturated carbocycles. The molecule has 0 aliphatic carbocycles. The van der Waals surface area contributed by atoms with Gasteiger partial charge in [0.05, 0.1) is 0 Å². The Kier molecular flexibility index (Phi) is 3.35. The summed E-state index contributed by atoms with van der Waals surface area (Å²) in [7, 11) is 0. The van der Waals surface area contributed by atoms with Crippen LogP contribution in [0.5, 0.6) is 0 Å². The summed E-state index contributed by atoms with van der Waals surface area (Å²) in [5, 5.41) is 10.2. The van der Waals surface area contributed by atoms with Crippen LogP contribution in [-0.4, -0.2) is 26.4 Å². The summed E-state index contributed by atoms with van der Waals surface area (Å²) in [6, 6.07) is 1.20. The summed E-state index contributed by atoms with van der Waals surface area (Å²) in [6.07, 6.45) is 5.51. The van der Waals surface area contributed by atoms with Gasteiger partial charge < -0.3 is 9.84 Å². The number of aliphatic hydroxyl groups excluding tert-OH is 1. The molecule has 6 nitrogen and oxygen atoms in total. The van der Waals surface area contributed by atoms with E-state index in [9.17, 15) is 14.7 Å². The highest BCUT2D eigenvalue weighted by Crippen LogP contribution is 2.42. The number of rotatable bonds is 2. The Labute approximate surface area is 110 Å². The number of hydrogen-bond acceptors (Lipinski definition) is 4. The molecule has 102 valence electrons. The van der Waals surface area contributed by atoms with Gasteiger partial charge in [-0.25, -0.2) is 4.79 Å². The number of nitrogens with zero attached hydrogens (tertiary/aromatic N) is 1. The van der Waals surface area contributed by atoms with Gasteiger partial charge in [0.25, 0.3) is 5.56 Å². The van der Waals surface area contributed by atoms with E-state index in [2.05, 4.69) is 10.9 Å². The van der Waals surface area contributed by atoms with Gasteiger partial charge >= 0.3 is 5.69 Å². The molecule has 1 saturated heterocycles. The highest BCUT2D eigenvalue weighted by Gasteiger charge is 2.51. The third-order valence-corrected chi connectivity index (χ3v) is 3.77. The maximum Gasteiger partial charge on any atom is 0.330 e. The Morgan fingerprint density at radius 1 is 1.63 bits per heavy atom. The van der Waals surface area contributed by atoms with Gasteiger partial charge in [0.2, 0.25) is 0 Å². The van der Waals surface area contributed by atoms with Gasteiger partial charge in [-0.2, -0.15) is 0 Å². The SMILES string of the molecule is C#C[C@]1(CC)O[C@@H](n2ccc(=O)[nH]c2=O)C(O)C1C. The molecule has 0 bridgehead atoms. The van der Waals surface area contributed by atoms with E-state index in [1.165, 1.54) is 12.3 Å². The second-order valence-electron chi connectivity index (χ2n) is 4.69. The molecule has 6 heteroatoms. The van der Waals surface area contributed by atoms with Crippen molar-refractivity contribution in [3.63, 3.8) is 0 Å². The lowest BCUT2D eigenvalue weighted by atomic mass is 9.85. The van der Waals surface area contributed by atoms with Crippen LogP contribution >= 0.6 is 0 Å². The molecule has 19 heavy (non-hydrogen) atoms. The van der Waals surface area contributed by atoms with Crippen molar-refractivity contribution in [1.82, 2.24) is 9.55 Å². The van der Waals surface area contributed by atoms with Crippen LogP contribution in [0.15, 0.2) is 21.9 Å². The van der Waals surface area contributed by atoms with E-state index in [4.69, 9.17) is 11.2 Å². The largest absolute Gasteiger partial charge is 0.388 e. The van der Waals surface area contributed by atoms with Crippen molar-refractivity contribution >= 4 is 0 Å². The normalized spacial score (nSPS) is 34.1. The highest BCUT2D eigenvalue weighted by molar-refractivity contribution is 5.16. The fourth-order valence-corrected chi connectivity index (χ4v) is 2.44.